The first-order valence-corrected chi connectivity index (χ1v) is 9.91. The Bertz CT molecular complexity index is 1280. The van der Waals surface area contributed by atoms with Gasteiger partial charge in [0.05, 0.1) is 12.8 Å². The number of hydrogen-bond acceptors (Lipinski definition) is 7. The van der Waals surface area contributed by atoms with Crippen LogP contribution in [0.4, 0.5) is 0 Å². The number of aryl methyl sites for hydroxylation is 1. The minimum absolute atomic E-state index is 0.0200. The van der Waals surface area contributed by atoms with Crippen LogP contribution in [0.2, 0.25) is 0 Å². The van der Waals surface area contributed by atoms with Crippen LogP contribution >= 0.6 is 0 Å². The SMILES string of the molecule is COc1ccc(CNC(=O)c2nc(Cn3nc(-c4ccc(C)cc4)ccc3=O)no2)cc1. The number of amides is 1. The van der Waals surface area contributed by atoms with Crippen LogP contribution in [0.1, 0.15) is 27.6 Å². The summed E-state index contributed by atoms with van der Waals surface area (Å²) in [5.74, 6) is 0.219. The first kappa shape index (κ1) is 21.0. The second kappa shape index (κ2) is 9.25. The molecule has 0 saturated heterocycles. The van der Waals surface area contributed by atoms with Gasteiger partial charge in [0.25, 0.3) is 5.56 Å². The first-order chi connectivity index (χ1) is 15.5. The van der Waals surface area contributed by atoms with Gasteiger partial charge in [-0.05, 0) is 30.7 Å². The summed E-state index contributed by atoms with van der Waals surface area (Å²) < 4.78 is 11.4. The Morgan fingerprint density at radius 3 is 2.53 bits per heavy atom. The predicted octanol–water partition coefficient (Wildman–Crippen LogP) is 2.59. The largest absolute Gasteiger partial charge is 0.497 e. The van der Waals surface area contributed by atoms with Gasteiger partial charge in [0.1, 0.15) is 12.3 Å². The molecule has 9 heteroatoms. The van der Waals surface area contributed by atoms with E-state index in [1.165, 1.54) is 10.7 Å². The van der Waals surface area contributed by atoms with Crippen molar-refractivity contribution in [3.05, 3.63) is 93.9 Å². The molecule has 0 atom stereocenters. The summed E-state index contributed by atoms with van der Waals surface area (Å²) in [7, 11) is 1.59. The zero-order valence-corrected chi connectivity index (χ0v) is 17.6. The van der Waals surface area contributed by atoms with Gasteiger partial charge in [-0.25, -0.2) is 4.68 Å². The Balaban J connectivity index is 1.43. The van der Waals surface area contributed by atoms with Crippen molar-refractivity contribution in [2.75, 3.05) is 7.11 Å². The summed E-state index contributed by atoms with van der Waals surface area (Å²) in [6.45, 7) is 2.27. The number of benzene rings is 2. The predicted molar refractivity (Wildman–Crippen MR) is 116 cm³/mol. The highest BCUT2D eigenvalue weighted by Crippen LogP contribution is 2.16. The molecule has 2 aromatic heterocycles. The normalized spacial score (nSPS) is 10.7. The highest BCUT2D eigenvalue weighted by Gasteiger charge is 2.16. The molecule has 2 aromatic carbocycles. The average Bonchev–Trinajstić information content (AvgIpc) is 3.28. The van der Waals surface area contributed by atoms with E-state index >= 15 is 0 Å². The number of carbonyl (C=O) groups excluding carboxylic acids is 1. The molecule has 0 fully saturated rings. The maximum atomic E-state index is 12.3. The smallest absolute Gasteiger partial charge is 0.316 e. The fraction of sp³-hybridized carbons (Fsp3) is 0.174. The van der Waals surface area contributed by atoms with Gasteiger partial charge in [-0.1, -0.05) is 47.1 Å². The lowest BCUT2D eigenvalue weighted by molar-refractivity contribution is 0.0907. The highest BCUT2D eigenvalue weighted by atomic mass is 16.5. The van der Waals surface area contributed by atoms with E-state index in [-0.39, 0.29) is 23.8 Å². The molecular formula is C23H21N5O4. The summed E-state index contributed by atoms with van der Waals surface area (Å²) in [6.07, 6.45) is 0. The molecule has 1 N–H and O–H groups in total. The summed E-state index contributed by atoms with van der Waals surface area (Å²) in [6, 6.07) is 18.2. The van der Waals surface area contributed by atoms with Gasteiger partial charge >= 0.3 is 11.8 Å². The lowest BCUT2D eigenvalue weighted by atomic mass is 10.1. The monoisotopic (exact) mass is 431 g/mol. The van der Waals surface area contributed by atoms with Crippen LogP contribution in [0.15, 0.2) is 70.0 Å². The summed E-state index contributed by atoms with van der Waals surface area (Å²) in [5, 5.41) is 10.9. The van der Waals surface area contributed by atoms with Crippen molar-refractivity contribution in [1.29, 1.82) is 0 Å². The van der Waals surface area contributed by atoms with E-state index in [1.807, 2.05) is 55.5 Å². The molecule has 0 saturated carbocycles. The van der Waals surface area contributed by atoms with E-state index < -0.39 is 5.91 Å². The Hall–Kier alpha value is -4.27. The van der Waals surface area contributed by atoms with Crippen LogP contribution in [-0.2, 0) is 13.1 Å². The molecule has 0 aliphatic carbocycles. The van der Waals surface area contributed by atoms with Gasteiger partial charge in [0.15, 0.2) is 5.82 Å². The van der Waals surface area contributed by atoms with Gasteiger partial charge in [-0.2, -0.15) is 10.1 Å². The second-order valence-corrected chi connectivity index (χ2v) is 7.13. The fourth-order valence-corrected chi connectivity index (χ4v) is 2.99. The Morgan fingerprint density at radius 2 is 1.81 bits per heavy atom. The number of nitrogens with one attached hydrogen (secondary N) is 1. The quantitative estimate of drug-likeness (QED) is 0.479. The Labute approximate surface area is 183 Å². The van der Waals surface area contributed by atoms with E-state index in [0.29, 0.717) is 12.2 Å². The van der Waals surface area contributed by atoms with Crippen LogP contribution < -0.4 is 15.6 Å². The Morgan fingerprint density at radius 1 is 1.06 bits per heavy atom. The molecule has 4 aromatic rings. The molecule has 1 amide bonds. The molecular weight excluding hydrogens is 410 g/mol. The first-order valence-electron chi connectivity index (χ1n) is 9.91. The van der Waals surface area contributed by atoms with E-state index in [1.54, 1.807) is 13.2 Å². The van der Waals surface area contributed by atoms with Gasteiger partial charge in [0.2, 0.25) is 0 Å². The maximum absolute atomic E-state index is 12.3. The molecule has 4 rings (SSSR count). The number of ether oxygens (including phenoxy) is 1. The zero-order chi connectivity index (χ0) is 22.5. The molecule has 0 bridgehead atoms. The van der Waals surface area contributed by atoms with Crippen LogP contribution in [-0.4, -0.2) is 32.9 Å². The van der Waals surface area contributed by atoms with Crippen molar-refractivity contribution in [3.8, 4) is 17.0 Å². The van der Waals surface area contributed by atoms with Gasteiger partial charge in [-0.3, -0.25) is 9.59 Å². The lowest BCUT2D eigenvalue weighted by Gasteiger charge is -2.05. The number of carbonyl (C=O) groups is 1. The van der Waals surface area contributed by atoms with E-state index in [4.69, 9.17) is 9.26 Å². The molecule has 0 unspecified atom stereocenters. The number of aromatic nitrogens is 4. The summed E-state index contributed by atoms with van der Waals surface area (Å²) in [5.41, 5.74) is 3.24. The van der Waals surface area contributed by atoms with Gasteiger partial charge in [-0.15, -0.1) is 0 Å². The molecule has 0 aliphatic heterocycles. The number of nitrogens with zero attached hydrogens (tertiary/aromatic N) is 4. The molecule has 0 spiro atoms. The second-order valence-electron chi connectivity index (χ2n) is 7.13. The molecule has 9 nitrogen and oxygen atoms in total. The molecule has 0 aliphatic rings. The van der Waals surface area contributed by atoms with Crippen LogP contribution in [0.3, 0.4) is 0 Å². The van der Waals surface area contributed by atoms with E-state index in [0.717, 1.165) is 22.4 Å². The van der Waals surface area contributed by atoms with Crippen molar-refractivity contribution < 1.29 is 14.1 Å². The average molecular weight is 431 g/mol. The number of methoxy groups -OCH3 is 1. The minimum Gasteiger partial charge on any atom is -0.497 e. The fourth-order valence-electron chi connectivity index (χ4n) is 2.99. The summed E-state index contributed by atoms with van der Waals surface area (Å²) in [4.78, 5) is 28.6. The van der Waals surface area contributed by atoms with Crippen molar-refractivity contribution >= 4 is 5.91 Å². The lowest BCUT2D eigenvalue weighted by Crippen LogP contribution is -2.24. The maximum Gasteiger partial charge on any atom is 0.316 e. The third kappa shape index (κ3) is 4.89. The topological polar surface area (TPSA) is 112 Å². The van der Waals surface area contributed by atoms with Gasteiger partial charge in [0, 0.05) is 18.2 Å². The minimum atomic E-state index is -0.506. The zero-order valence-electron chi connectivity index (χ0n) is 17.6. The van der Waals surface area contributed by atoms with Crippen molar-refractivity contribution in [2.24, 2.45) is 0 Å². The molecule has 32 heavy (non-hydrogen) atoms. The Kier molecular flexibility index (Phi) is 6.07. The van der Waals surface area contributed by atoms with Crippen LogP contribution in [0, 0.1) is 6.92 Å². The van der Waals surface area contributed by atoms with Gasteiger partial charge < -0.3 is 14.6 Å². The van der Waals surface area contributed by atoms with Crippen molar-refractivity contribution in [3.63, 3.8) is 0 Å². The molecule has 2 heterocycles. The molecule has 162 valence electrons. The van der Waals surface area contributed by atoms with Crippen LogP contribution in [0.25, 0.3) is 11.3 Å². The summed E-state index contributed by atoms with van der Waals surface area (Å²) >= 11 is 0. The van der Waals surface area contributed by atoms with Crippen LogP contribution in [0.5, 0.6) is 5.75 Å². The third-order valence-corrected chi connectivity index (χ3v) is 4.78. The van der Waals surface area contributed by atoms with Crippen molar-refractivity contribution in [1.82, 2.24) is 25.2 Å². The standard InChI is InChI=1S/C23H21N5O4/c1-15-3-7-17(8-4-15)19-11-12-21(29)28(26-19)14-20-25-23(32-27-20)22(30)24-13-16-5-9-18(31-2)10-6-16/h3-12H,13-14H2,1-2H3,(H,24,30). The molecule has 0 radical (unpaired) electrons. The van der Waals surface area contributed by atoms with E-state index in [9.17, 15) is 9.59 Å². The highest BCUT2D eigenvalue weighted by molar-refractivity contribution is 5.89. The van der Waals surface area contributed by atoms with E-state index in [2.05, 4.69) is 20.6 Å². The number of rotatable bonds is 7. The van der Waals surface area contributed by atoms with Crippen molar-refractivity contribution in [2.45, 2.75) is 20.0 Å². The third-order valence-electron chi connectivity index (χ3n) is 4.78. The number of hydrogen-bond donors (Lipinski definition) is 1.